The van der Waals surface area contributed by atoms with Crippen LogP contribution in [0.15, 0.2) is 36.7 Å². The second-order valence-electron chi connectivity index (χ2n) is 7.44. The van der Waals surface area contributed by atoms with Gasteiger partial charge in [0.15, 0.2) is 0 Å². The molecule has 0 aliphatic carbocycles. The zero-order chi connectivity index (χ0) is 17.3. The van der Waals surface area contributed by atoms with Gasteiger partial charge in [-0.2, -0.15) is 0 Å². The van der Waals surface area contributed by atoms with E-state index in [2.05, 4.69) is 42.8 Å². The maximum atomic E-state index is 12.7. The smallest absolute Gasteiger partial charge is 0.253 e. The fourth-order valence-corrected chi connectivity index (χ4v) is 3.07. The molecule has 128 valence electrons. The summed E-state index contributed by atoms with van der Waals surface area (Å²) in [6.07, 6.45) is 3.76. The van der Waals surface area contributed by atoms with Crippen molar-refractivity contribution >= 4 is 11.9 Å². The van der Waals surface area contributed by atoms with Gasteiger partial charge in [-0.15, -0.1) is 0 Å². The zero-order valence-electron chi connectivity index (χ0n) is 15.0. The zero-order valence-corrected chi connectivity index (χ0v) is 15.0. The predicted molar refractivity (Wildman–Crippen MR) is 96.5 cm³/mol. The summed E-state index contributed by atoms with van der Waals surface area (Å²) in [6, 6.07) is 8.04. The standard InChI is InChI=1S/C19H26N4O/c1-19(2,3)16-7-5-15(6-8-16)17(24)22-11-13-23(14-12-22)18-20-9-10-21(18)4/h5-10H,11-14H2,1-4H3. The van der Waals surface area contributed by atoms with Gasteiger partial charge in [-0.05, 0) is 23.1 Å². The summed E-state index contributed by atoms with van der Waals surface area (Å²) in [5.74, 6) is 1.09. The van der Waals surface area contributed by atoms with Crippen LogP contribution >= 0.6 is 0 Å². The Bertz CT molecular complexity index is 704. The first-order valence-corrected chi connectivity index (χ1v) is 8.48. The van der Waals surface area contributed by atoms with Crippen molar-refractivity contribution in [2.75, 3.05) is 31.1 Å². The number of hydrogen-bond acceptors (Lipinski definition) is 3. The third-order valence-electron chi connectivity index (χ3n) is 4.64. The lowest BCUT2D eigenvalue weighted by Crippen LogP contribution is -2.49. The highest BCUT2D eigenvalue weighted by Crippen LogP contribution is 2.23. The van der Waals surface area contributed by atoms with Gasteiger partial charge in [0.1, 0.15) is 0 Å². The number of aryl methyl sites for hydroxylation is 1. The van der Waals surface area contributed by atoms with E-state index in [0.29, 0.717) is 0 Å². The second kappa shape index (κ2) is 6.30. The number of hydrogen-bond donors (Lipinski definition) is 0. The molecule has 1 aliphatic heterocycles. The monoisotopic (exact) mass is 326 g/mol. The quantitative estimate of drug-likeness (QED) is 0.852. The Morgan fingerprint density at radius 1 is 1.04 bits per heavy atom. The van der Waals surface area contributed by atoms with Crippen LogP contribution in [0.5, 0.6) is 0 Å². The summed E-state index contributed by atoms with van der Waals surface area (Å²) in [6.45, 7) is 9.63. The first-order chi connectivity index (χ1) is 11.4. The Labute approximate surface area is 143 Å². The minimum atomic E-state index is 0.106. The molecule has 0 radical (unpaired) electrons. The second-order valence-corrected chi connectivity index (χ2v) is 7.44. The van der Waals surface area contributed by atoms with Crippen LogP contribution in [0.4, 0.5) is 5.95 Å². The average Bonchev–Trinajstić information content (AvgIpc) is 3.00. The van der Waals surface area contributed by atoms with Crippen molar-refractivity contribution in [1.29, 1.82) is 0 Å². The summed E-state index contributed by atoms with van der Waals surface area (Å²) in [4.78, 5) is 21.3. The third-order valence-corrected chi connectivity index (χ3v) is 4.64. The molecule has 2 aromatic rings. The molecule has 1 amide bonds. The Kier molecular flexibility index (Phi) is 4.35. The topological polar surface area (TPSA) is 41.4 Å². The lowest BCUT2D eigenvalue weighted by molar-refractivity contribution is 0.0746. The molecule has 1 aromatic heterocycles. The highest BCUT2D eigenvalue weighted by molar-refractivity contribution is 5.94. The highest BCUT2D eigenvalue weighted by atomic mass is 16.2. The summed E-state index contributed by atoms with van der Waals surface area (Å²) in [5, 5.41) is 0. The fraction of sp³-hybridized carbons (Fsp3) is 0.474. The molecule has 1 aliphatic rings. The van der Waals surface area contributed by atoms with E-state index in [1.54, 1.807) is 0 Å². The number of rotatable bonds is 2. The summed E-state index contributed by atoms with van der Waals surface area (Å²) >= 11 is 0. The summed E-state index contributed by atoms with van der Waals surface area (Å²) in [7, 11) is 2.00. The van der Waals surface area contributed by atoms with Crippen LogP contribution in [0.1, 0.15) is 36.7 Å². The SMILES string of the molecule is Cn1ccnc1N1CCN(C(=O)c2ccc(C(C)(C)C)cc2)CC1. The first-order valence-electron chi connectivity index (χ1n) is 8.48. The molecule has 1 aromatic carbocycles. The number of benzene rings is 1. The molecule has 1 saturated heterocycles. The molecule has 0 N–H and O–H groups in total. The number of anilines is 1. The van der Waals surface area contributed by atoms with Crippen LogP contribution < -0.4 is 4.90 Å². The number of piperazine rings is 1. The van der Waals surface area contributed by atoms with Crippen molar-refractivity contribution in [3.8, 4) is 0 Å². The normalized spacial score (nSPS) is 15.7. The van der Waals surface area contributed by atoms with Crippen molar-refractivity contribution in [3.63, 3.8) is 0 Å². The molecule has 0 atom stereocenters. The number of imidazole rings is 1. The Balaban J connectivity index is 1.64. The van der Waals surface area contributed by atoms with Crippen LogP contribution in [0, 0.1) is 0 Å². The predicted octanol–water partition coefficient (Wildman–Crippen LogP) is 2.68. The van der Waals surface area contributed by atoms with Crippen molar-refractivity contribution in [3.05, 3.63) is 47.8 Å². The molecule has 2 heterocycles. The van der Waals surface area contributed by atoms with Gasteiger partial charge < -0.3 is 14.4 Å². The average molecular weight is 326 g/mol. The van der Waals surface area contributed by atoms with E-state index in [1.807, 2.05) is 41.0 Å². The van der Waals surface area contributed by atoms with Gasteiger partial charge >= 0.3 is 0 Å². The number of amides is 1. The molecule has 1 fully saturated rings. The largest absolute Gasteiger partial charge is 0.339 e. The molecular formula is C19H26N4O. The molecule has 5 nitrogen and oxygen atoms in total. The maximum absolute atomic E-state index is 12.7. The third kappa shape index (κ3) is 3.30. The van der Waals surface area contributed by atoms with Crippen LogP contribution in [0.25, 0.3) is 0 Å². The van der Waals surface area contributed by atoms with Gasteiger partial charge in [-0.3, -0.25) is 4.79 Å². The van der Waals surface area contributed by atoms with Crippen LogP contribution in [-0.4, -0.2) is 46.5 Å². The Morgan fingerprint density at radius 2 is 1.67 bits per heavy atom. The first kappa shape index (κ1) is 16.6. The molecule has 24 heavy (non-hydrogen) atoms. The van der Waals surface area contributed by atoms with E-state index < -0.39 is 0 Å². The van der Waals surface area contributed by atoms with Crippen molar-refractivity contribution in [2.45, 2.75) is 26.2 Å². The molecule has 3 rings (SSSR count). The van der Waals surface area contributed by atoms with Gasteiger partial charge in [-0.1, -0.05) is 32.9 Å². The molecule has 5 heteroatoms. The van der Waals surface area contributed by atoms with E-state index in [4.69, 9.17) is 0 Å². The van der Waals surface area contributed by atoms with Crippen molar-refractivity contribution in [2.24, 2.45) is 7.05 Å². The Morgan fingerprint density at radius 3 is 2.17 bits per heavy atom. The lowest BCUT2D eigenvalue weighted by atomic mass is 9.86. The number of carbonyl (C=O) groups is 1. The van der Waals surface area contributed by atoms with E-state index >= 15 is 0 Å². The Hall–Kier alpha value is -2.30. The van der Waals surface area contributed by atoms with Crippen LogP contribution in [-0.2, 0) is 12.5 Å². The van der Waals surface area contributed by atoms with E-state index in [1.165, 1.54) is 5.56 Å². The molecule has 0 saturated carbocycles. The van der Waals surface area contributed by atoms with Crippen molar-refractivity contribution in [1.82, 2.24) is 14.5 Å². The minimum absolute atomic E-state index is 0.106. The fourth-order valence-electron chi connectivity index (χ4n) is 3.07. The van der Waals surface area contributed by atoms with Crippen LogP contribution in [0.2, 0.25) is 0 Å². The number of aromatic nitrogens is 2. The summed E-state index contributed by atoms with van der Waals surface area (Å²) < 4.78 is 2.02. The maximum Gasteiger partial charge on any atom is 0.253 e. The van der Waals surface area contributed by atoms with Crippen molar-refractivity contribution < 1.29 is 4.79 Å². The lowest BCUT2D eigenvalue weighted by Gasteiger charge is -2.35. The molecule has 0 unspecified atom stereocenters. The summed E-state index contributed by atoms with van der Waals surface area (Å²) in [5.41, 5.74) is 2.13. The number of nitrogens with zero attached hydrogens (tertiary/aromatic N) is 4. The molecular weight excluding hydrogens is 300 g/mol. The molecule has 0 bridgehead atoms. The van der Waals surface area contributed by atoms with Gasteiger partial charge in [0.05, 0.1) is 0 Å². The molecule has 0 spiro atoms. The van der Waals surface area contributed by atoms with E-state index in [9.17, 15) is 4.79 Å². The minimum Gasteiger partial charge on any atom is -0.339 e. The van der Waals surface area contributed by atoms with E-state index in [0.717, 1.165) is 37.7 Å². The van der Waals surface area contributed by atoms with Gasteiger partial charge in [-0.25, -0.2) is 4.98 Å². The van der Waals surface area contributed by atoms with E-state index in [-0.39, 0.29) is 11.3 Å². The highest BCUT2D eigenvalue weighted by Gasteiger charge is 2.24. The number of carbonyl (C=O) groups excluding carboxylic acids is 1. The van der Waals surface area contributed by atoms with Gasteiger partial charge in [0, 0.05) is 51.2 Å². The van der Waals surface area contributed by atoms with Gasteiger partial charge in [0.2, 0.25) is 5.95 Å². The van der Waals surface area contributed by atoms with Gasteiger partial charge in [0.25, 0.3) is 5.91 Å². The van der Waals surface area contributed by atoms with Crippen LogP contribution in [0.3, 0.4) is 0 Å².